The van der Waals surface area contributed by atoms with Crippen molar-refractivity contribution < 1.29 is 9.59 Å². The summed E-state index contributed by atoms with van der Waals surface area (Å²) in [6.07, 6.45) is 0.417. The lowest BCUT2D eigenvalue weighted by atomic mass is 10.3. The van der Waals surface area contributed by atoms with E-state index in [9.17, 15) is 9.59 Å². The molecule has 1 aromatic rings. The average Bonchev–Trinajstić information content (AvgIpc) is 2.58. The lowest BCUT2D eigenvalue weighted by Crippen LogP contribution is -2.26. The molecule has 1 amide bonds. The van der Waals surface area contributed by atoms with Crippen LogP contribution >= 0.6 is 11.8 Å². The van der Waals surface area contributed by atoms with Gasteiger partial charge in [-0.1, -0.05) is 17.8 Å². The monoisotopic (exact) mass is 250 g/mol. The van der Waals surface area contributed by atoms with Gasteiger partial charge >= 0.3 is 0 Å². The Bertz CT molecular complexity index is 462. The number of hydrogen-bond acceptors (Lipinski definition) is 4. The van der Waals surface area contributed by atoms with Crippen LogP contribution < -0.4 is 4.90 Å². The number of rotatable bonds is 2. The van der Waals surface area contributed by atoms with Gasteiger partial charge in [-0.05, 0) is 19.1 Å². The van der Waals surface area contributed by atoms with Gasteiger partial charge in [-0.2, -0.15) is 0 Å². The molecule has 0 saturated carbocycles. The van der Waals surface area contributed by atoms with Gasteiger partial charge in [-0.15, -0.1) is 0 Å². The van der Waals surface area contributed by atoms with Crippen LogP contribution in [0.2, 0.25) is 0 Å². The zero-order valence-corrected chi connectivity index (χ0v) is 10.7. The molecule has 4 nitrogen and oxygen atoms in total. The van der Waals surface area contributed by atoms with Crippen LogP contribution in [-0.2, 0) is 9.59 Å². The summed E-state index contributed by atoms with van der Waals surface area (Å²) in [4.78, 5) is 28.9. The molecule has 5 heteroatoms. The summed E-state index contributed by atoms with van der Waals surface area (Å²) in [7, 11) is 0. The molecule has 1 aliphatic heterocycles. The van der Waals surface area contributed by atoms with Crippen LogP contribution in [0.5, 0.6) is 0 Å². The normalized spacial score (nSPS) is 19.8. The third kappa shape index (κ3) is 2.85. The summed E-state index contributed by atoms with van der Waals surface area (Å²) >= 11 is 1.24. The van der Waals surface area contributed by atoms with Gasteiger partial charge in [0.1, 0.15) is 5.82 Å². The maximum Gasteiger partial charge on any atom is 0.229 e. The Morgan fingerprint density at radius 1 is 1.53 bits per heavy atom. The summed E-state index contributed by atoms with van der Waals surface area (Å²) in [5.41, 5.74) is 0.887. The summed E-state index contributed by atoms with van der Waals surface area (Å²) in [5.74, 6) is 0.725. The maximum atomic E-state index is 11.8. The number of amides is 1. The quantitative estimate of drug-likeness (QED) is 0.802. The van der Waals surface area contributed by atoms with Gasteiger partial charge in [-0.3, -0.25) is 14.5 Å². The van der Waals surface area contributed by atoms with Gasteiger partial charge in [0.25, 0.3) is 0 Å². The van der Waals surface area contributed by atoms with Crippen LogP contribution in [-0.4, -0.2) is 27.8 Å². The lowest BCUT2D eigenvalue weighted by molar-refractivity contribution is -0.117. The van der Waals surface area contributed by atoms with Crippen molar-refractivity contribution in [1.29, 1.82) is 0 Å². The van der Waals surface area contributed by atoms with Crippen molar-refractivity contribution in [2.24, 2.45) is 0 Å². The number of anilines is 1. The van der Waals surface area contributed by atoms with E-state index in [0.717, 1.165) is 5.69 Å². The van der Waals surface area contributed by atoms with Crippen molar-refractivity contribution >= 4 is 28.6 Å². The van der Waals surface area contributed by atoms with Gasteiger partial charge in [0.05, 0.1) is 0 Å². The number of aryl methyl sites for hydroxylation is 1. The molecule has 1 unspecified atom stereocenters. The lowest BCUT2D eigenvalue weighted by Gasteiger charge is -2.15. The van der Waals surface area contributed by atoms with Crippen LogP contribution in [0.4, 0.5) is 5.82 Å². The highest BCUT2D eigenvalue weighted by atomic mass is 32.2. The molecule has 2 rings (SSSR count). The largest absolute Gasteiger partial charge is 0.296 e. The van der Waals surface area contributed by atoms with Crippen molar-refractivity contribution in [2.45, 2.75) is 25.5 Å². The van der Waals surface area contributed by atoms with Crippen LogP contribution in [0, 0.1) is 6.92 Å². The summed E-state index contributed by atoms with van der Waals surface area (Å²) in [5, 5.41) is 0.115. The molecule has 1 saturated heterocycles. The second-order valence-electron chi connectivity index (χ2n) is 4.08. The number of nitrogens with zero attached hydrogens (tertiary/aromatic N) is 2. The van der Waals surface area contributed by atoms with E-state index < -0.39 is 0 Å². The van der Waals surface area contributed by atoms with Crippen molar-refractivity contribution in [3.63, 3.8) is 0 Å². The van der Waals surface area contributed by atoms with Gasteiger partial charge in [0, 0.05) is 30.8 Å². The Balaban J connectivity index is 2.13. The van der Waals surface area contributed by atoms with Gasteiger partial charge in [0.15, 0.2) is 5.12 Å². The highest BCUT2D eigenvalue weighted by Crippen LogP contribution is 2.27. The number of carbonyl (C=O) groups excluding carboxylic acids is 2. The van der Waals surface area contributed by atoms with Crippen LogP contribution in [0.1, 0.15) is 19.0 Å². The average molecular weight is 250 g/mol. The van der Waals surface area contributed by atoms with E-state index in [1.165, 1.54) is 18.7 Å². The molecule has 1 fully saturated rings. The van der Waals surface area contributed by atoms with E-state index in [2.05, 4.69) is 4.98 Å². The van der Waals surface area contributed by atoms with Crippen LogP contribution in [0.15, 0.2) is 18.2 Å². The van der Waals surface area contributed by atoms with E-state index in [1.807, 2.05) is 25.1 Å². The van der Waals surface area contributed by atoms with Crippen LogP contribution in [0.25, 0.3) is 0 Å². The number of thioether (sulfide) groups is 1. The van der Waals surface area contributed by atoms with Crippen molar-refractivity contribution in [1.82, 2.24) is 4.98 Å². The highest BCUT2D eigenvalue weighted by Gasteiger charge is 2.32. The third-order valence-corrected chi connectivity index (χ3v) is 3.55. The molecular formula is C12H14N2O2S. The van der Waals surface area contributed by atoms with E-state index >= 15 is 0 Å². The minimum atomic E-state index is 0.0434. The Hall–Kier alpha value is -1.36. The number of pyridine rings is 1. The minimum absolute atomic E-state index is 0.0434. The Morgan fingerprint density at radius 3 is 2.94 bits per heavy atom. The fourth-order valence-electron chi connectivity index (χ4n) is 1.89. The topological polar surface area (TPSA) is 50.3 Å². The predicted molar refractivity (Wildman–Crippen MR) is 68.0 cm³/mol. The molecule has 0 spiro atoms. The second-order valence-corrected chi connectivity index (χ2v) is 5.55. The maximum absolute atomic E-state index is 11.8. The van der Waals surface area contributed by atoms with E-state index in [0.29, 0.717) is 18.8 Å². The fourth-order valence-corrected chi connectivity index (χ4v) is 2.81. The molecule has 0 bridgehead atoms. The molecule has 0 aromatic carbocycles. The number of aromatic nitrogens is 1. The molecule has 90 valence electrons. The first-order valence-corrected chi connectivity index (χ1v) is 6.35. The molecule has 1 aliphatic rings. The van der Waals surface area contributed by atoms with E-state index in [1.54, 1.807) is 4.90 Å². The van der Waals surface area contributed by atoms with Crippen molar-refractivity contribution in [3.8, 4) is 0 Å². The Morgan fingerprint density at radius 2 is 2.29 bits per heavy atom. The fraction of sp³-hybridized carbons (Fsp3) is 0.417. The molecule has 1 aromatic heterocycles. The van der Waals surface area contributed by atoms with E-state index in [-0.39, 0.29) is 16.3 Å². The minimum Gasteiger partial charge on any atom is -0.296 e. The SMILES string of the molecule is CC(=O)SC1CC(=O)N(c2cccc(C)n2)C1. The van der Waals surface area contributed by atoms with E-state index in [4.69, 9.17) is 0 Å². The van der Waals surface area contributed by atoms with Crippen molar-refractivity contribution in [3.05, 3.63) is 23.9 Å². The summed E-state index contributed by atoms with van der Waals surface area (Å²) in [6.45, 7) is 3.99. The summed E-state index contributed by atoms with van der Waals surface area (Å²) in [6, 6.07) is 5.61. The predicted octanol–water partition coefficient (Wildman–Crippen LogP) is 1.78. The third-order valence-electron chi connectivity index (χ3n) is 2.57. The first-order chi connectivity index (χ1) is 8.06. The summed E-state index contributed by atoms with van der Waals surface area (Å²) < 4.78 is 0. The number of hydrogen-bond donors (Lipinski definition) is 0. The molecule has 2 heterocycles. The molecule has 1 atom stereocenters. The molecule has 0 aliphatic carbocycles. The van der Waals surface area contributed by atoms with Gasteiger partial charge < -0.3 is 0 Å². The molecular weight excluding hydrogens is 236 g/mol. The van der Waals surface area contributed by atoms with Gasteiger partial charge in [-0.25, -0.2) is 4.98 Å². The molecule has 17 heavy (non-hydrogen) atoms. The van der Waals surface area contributed by atoms with Gasteiger partial charge in [0.2, 0.25) is 5.91 Å². The number of carbonyl (C=O) groups is 2. The smallest absolute Gasteiger partial charge is 0.229 e. The standard InChI is InChI=1S/C12H14N2O2S/c1-8-4-3-5-11(13-8)14-7-10(6-12(14)16)17-9(2)15/h3-5,10H,6-7H2,1-2H3. The van der Waals surface area contributed by atoms with Crippen LogP contribution in [0.3, 0.4) is 0 Å². The molecule has 0 radical (unpaired) electrons. The second kappa shape index (κ2) is 4.87. The Labute approximate surface area is 104 Å². The Kier molecular flexibility index (Phi) is 3.47. The highest BCUT2D eigenvalue weighted by molar-refractivity contribution is 8.14. The zero-order valence-electron chi connectivity index (χ0n) is 9.84. The first kappa shape index (κ1) is 12.1. The molecule has 0 N–H and O–H groups in total. The first-order valence-electron chi connectivity index (χ1n) is 5.47. The zero-order chi connectivity index (χ0) is 12.4. The van der Waals surface area contributed by atoms with Crippen molar-refractivity contribution in [2.75, 3.05) is 11.4 Å².